The molecule has 0 aliphatic carbocycles. The molecular weight excluding hydrogens is 248 g/mol. The highest BCUT2D eigenvalue weighted by molar-refractivity contribution is 5.80. The molecular formula is C17H26N2O. The first kappa shape index (κ1) is 15.0. The smallest absolute Gasteiger partial charge is 0.224 e. The maximum Gasteiger partial charge on any atom is 0.224 e. The van der Waals surface area contributed by atoms with Gasteiger partial charge in [-0.2, -0.15) is 0 Å². The number of nitrogens with zero attached hydrogens (tertiary/aromatic N) is 1. The molecule has 0 spiro atoms. The minimum atomic E-state index is -0.0953. The highest BCUT2D eigenvalue weighted by atomic mass is 16.2. The van der Waals surface area contributed by atoms with E-state index in [-0.39, 0.29) is 18.0 Å². The largest absolute Gasteiger partial charge is 0.334 e. The van der Waals surface area contributed by atoms with Crippen molar-refractivity contribution in [1.82, 2.24) is 4.90 Å². The number of likely N-dealkylation sites (tertiary alicyclic amines) is 1. The summed E-state index contributed by atoms with van der Waals surface area (Å²) in [6.45, 7) is 11.4. The Balaban J connectivity index is 2.42. The van der Waals surface area contributed by atoms with Crippen LogP contribution in [0.15, 0.2) is 12.1 Å². The van der Waals surface area contributed by atoms with Crippen LogP contribution in [0, 0.1) is 26.7 Å². The molecule has 2 rings (SSSR count). The van der Waals surface area contributed by atoms with Crippen LogP contribution in [0.5, 0.6) is 0 Å². The molecule has 1 aliphatic rings. The molecule has 1 fully saturated rings. The van der Waals surface area contributed by atoms with Crippen LogP contribution in [0.25, 0.3) is 0 Å². The number of carbonyl (C=O) groups is 1. The third kappa shape index (κ3) is 2.73. The van der Waals surface area contributed by atoms with Crippen LogP contribution in [-0.2, 0) is 4.79 Å². The number of benzene rings is 1. The zero-order valence-corrected chi connectivity index (χ0v) is 13.2. The summed E-state index contributed by atoms with van der Waals surface area (Å²) in [6.07, 6.45) is 0.462. The lowest BCUT2D eigenvalue weighted by molar-refractivity contribution is -0.129. The summed E-state index contributed by atoms with van der Waals surface area (Å²) in [5.74, 6) is 0.646. The summed E-state index contributed by atoms with van der Waals surface area (Å²) in [5, 5.41) is 0. The summed E-state index contributed by atoms with van der Waals surface area (Å²) in [6, 6.07) is 4.35. The van der Waals surface area contributed by atoms with E-state index in [0.717, 1.165) is 6.54 Å². The number of aryl methyl sites for hydroxylation is 3. The van der Waals surface area contributed by atoms with Crippen molar-refractivity contribution >= 4 is 5.91 Å². The number of rotatable bonds is 3. The van der Waals surface area contributed by atoms with Crippen LogP contribution >= 0.6 is 0 Å². The first-order valence-electron chi connectivity index (χ1n) is 7.44. The number of hydrogen-bond acceptors (Lipinski definition) is 2. The quantitative estimate of drug-likeness (QED) is 0.921. The van der Waals surface area contributed by atoms with E-state index in [4.69, 9.17) is 5.73 Å². The molecule has 3 nitrogen and oxygen atoms in total. The van der Waals surface area contributed by atoms with Crippen molar-refractivity contribution in [3.8, 4) is 0 Å². The van der Waals surface area contributed by atoms with Crippen molar-refractivity contribution in [2.24, 2.45) is 11.7 Å². The second-order valence-electron chi connectivity index (χ2n) is 6.55. The number of amides is 1. The second kappa shape index (κ2) is 5.57. The third-order valence-corrected chi connectivity index (χ3v) is 4.23. The summed E-state index contributed by atoms with van der Waals surface area (Å²) >= 11 is 0. The van der Waals surface area contributed by atoms with Crippen LogP contribution in [0.1, 0.15) is 48.6 Å². The van der Waals surface area contributed by atoms with Gasteiger partial charge >= 0.3 is 0 Å². The minimum Gasteiger partial charge on any atom is -0.334 e. The van der Waals surface area contributed by atoms with Crippen molar-refractivity contribution in [2.75, 3.05) is 6.54 Å². The molecule has 1 heterocycles. The molecule has 0 radical (unpaired) electrons. The van der Waals surface area contributed by atoms with Crippen molar-refractivity contribution in [2.45, 2.75) is 53.1 Å². The van der Waals surface area contributed by atoms with Crippen LogP contribution in [0.2, 0.25) is 0 Å². The average molecular weight is 274 g/mol. The summed E-state index contributed by atoms with van der Waals surface area (Å²) in [4.78, 5) is 14.2. The highest BCUT2D eigenvalue weighted by Gasteiger charge is 2.39. The molecule has 20 heavy (non-hydrogen) atoms. The van der Waals surface area contributed by atoms with Gasteiger partial charge in [0.2, 0.25) is 5.91 Å². The molecule has 110 valence electrons. The third-order valence-electron chi connectivity index (χ3n) is 4.23. The van der Waals surface area contributed by atoms with E-state index in [9.17, 15) is 4.79 Å². The van der Waals surface area contributed by atoms with Crippen molar-refractivity contribution in [1.29, 1.82) is 0 Å². The Bertz CT molecular complexity index is 522. The first-order chi connectivity index (χ1) is 9.31. The Morgan fingerprint density at radius 2 is 1.80 bits per heavy atom. The van der Waals surface area contributed by atoms with Crippen LogP contribution < -0.4 is 5.73 Å². The Morgan fingerprint density at radius 3 is 2.40 bits per heavy atom. The van der Waals surface area contributed by atoms with Crippen molar-refractivity contribution < 1.29 is 4.79 Å². The maximum atomic E-state index is 12.2. The molecule has 0 aromatic heterocycles. The fourth-order valence-corrected chi connectivity index (χ4v) is 3.13. The molecule has 1 aromatic carbocycles. The van der Waals surface area contributed by atoms with Gasteiger partial charge in [-0.15, -0.1) is 0 Å². The molecule has 2 N–H and O–H groups in total. The lowest BCUT2D eigenvalue weighted by atomic mass is 9.92. The average Bonchev–Trinajstić information content (AvgIpc) is 2.59. The van der Waals surface area contributed by atoms with Crippen LogP contribution in [0.3, 0.4) is 0 Å². The zero-order chi connectivity index (χ0) is 15.0. The highest BCUT2D eigenvalue weighted by Crippen LogP contribution is 2.35. The number of carbonyl (C=O) groups excluding carboxylic acids is 1. The molecule has 1 aliphatic heterocycles. The van der Waals surface area contributed by atoms with Gasteiger partial charge in [0.05, 0.1) is 6.04 Å². The Labute approximate surface area is 122 Å². The van der Waals surface area contributed by atoms with E-state index in [1.165, 1.54) is 22.3 Å². The fraction of sp³-hybridized carbons (Fsp3) is 0.588. The number of nitrogens with two attached hydrogens (primary N) is 1. The molecule has 1 aromatic rings. The Kier molecular flexibility index (Phi) is 4.19. The monoisotopic (exact) mass is 274 g/mol. The van der Waals surface area contributed by atoms with Gasteiger partial charge in [-0.3, -0.25) is 4.79 Å². The van der Waals surface area contributed by atoms with Crippen molar-refractivity contribution in [3.05, 3.63) is 34.4 Å². The van der Waals surface area contributed by atoms with E-state index in [1.807, 2.05) is 4.90 Å². The Hall–Kier alpha value is -1.35. The standard InChI is InChI=1S/C17H26N2O/c1-10(2)9-19-16(20)8-15(18)17(19)14-7-12(4)11(3)6-13(14)5/h6-7,10,15,17H,8-9,18H2,1-5H3. The summed E-state index contributed by atoms with van der Waals surface area (Å²) in [5.41, 5.74) is 11.3. The van der Waals surface area contributed by atoms with Gasteiger partial charge < -0.3 is 10.6 Å². The lowest BCUT2D eigenvalue weighted by Gasteiger charge is -2.30. The second-order valence-corrected chi connectivity index (χ2v) is 6.55. The number of hydrogen-bond donors (Lipinski definition) is 1. The van der Waals surface area contributed by atoms with Gasteiger partial charge in [-0.25, -0.2) is 0 Å². The van der Waals surface area contributed by atoms with Gasteiger partial charge in [-0.05, 0) is 48.9 Å². The molecule has 1 saturated heterocycles. The lowest BCUT2D eigenvalue weighted by Crippen LogP contribution is -2.36. The van der Waals surface area contributed by atoms with Gasteiger partial charge in [0.1, 0.15) is 0 Å². The van der Waals surface area contributed by atoms with Gasteiger partial charge in [-0.1, -0.05) is 26.0 Å². The molecule has 2 unspecified atom stereocenters. The van der Waals surface area contributed by atoms with Crippen LogP contribution in [-0.4, -0.2) is 23.4 Å². The predicted octanol–water partition coefficient (Wildman–Crippen LogP) is 2.87. The SMILES string of the molecule is Cc1cc(C)c(C2C(N)CC(=O)N2CC(C)C)cc1C. The van der Waals surface area contributed by atoms with E-state index in [1.54, 1.807) is 0 Å². The molecule has 3 heteroatoms. The topological polar surface area (TPSA) is 46.3 Å². The zero-order valence-electron chi connectivity index (χ0n) is 13.2. The molecule has 0 bridgehead atoms. The van der Waals surface area contributed by atoms with E-state index < -0.39 is 0 Å². The molecule has 1 amide bonds. The summed E-state index contributed by atoms with van der Waals surface area (Å²) < 4.78 is 0. The Morgan fingerprint density at radius 1 is 1.20 bits per heavy atom. The van der Waals surface area contributed by atoms with E-state index >= 15 is 0 Å². The summed E-state index contributed by atoms with van der Waals surface area (Å²) in [7, 11) is 0. The fourth-order valence-electron chi connectivity index (χ4n) is 3.13. The predicted molar refractivity (Wildman–Crippen MR) is 82.5 cm³/mol. The normalized spacial score (nSPS) is 22.9. The first-order valence-corrected chi connectivity index (χ1v) is 7.44. The van der Waals surface area contributed by atoms with E-state index in [2.05, 4.69) is 46.8 Å². The van der Waals surface area contributed by atoms with Gasteiger partial charge in [0.15, 0.2) is 0 Å². The van der Waals surface area contributed by atoms with Gasteiger partial charge in [0.25, 0.3) is 0 Å². The van der Waals surface area contributed by atoms with Crippen molar-refractivity contribution in [3.63, 3.8) is 0 Å². The molecule has 0 saturated carbocycles. The minimum absolute atomic E-state index is 0.0317. The van der Waals surface area contributed by atoms with Crippen LogP contribution in [0.4, 0.5) is 0 Å². The van der Waals surface area contributed by atoms with Gasteiger partial charge in [0, 0.05) is 19.0 Å². The molecule has 2 atom stereocenters. The maximum absolute atomic E-state index is 12.2. The van der Waals surface area contributed by atoms with E-state index in [0.29, 0.717) is 12.3 Å².